The molecule has 0 amide bonds. The molecule has 9 rings (SSSR count). The minimum absolute atomic E-state index is 0.648. The maximum Gasteiger partial charge on any atom is 0.195 e. The molecule has 0 saturated heterocycles. The third kappa shape index (κ3) is 4.13. The number of rotatable bonds is 4. The van der Waals surface area contributed by atoms with Crippen LogP contribution in [0.1, 0.15) is 0 Å². The summed E-state index contributed by atoms with van der Waals surface area (Å²) < 4.78 is 8.86. The molecule has 214 valence electrons. The second-order valence-corrected chi connectivity index (χ2v) is 11.7. The summed E-state index contributed by atoms with van der Waals surface area (Å²) in [6, 6.07) is 54.8. The monoisotopic (exact) mass is 586 g/mol. The molecule has 3 heteroatoms. The van der Waals surface area contributed by atoms with Gasteiger partial charge in [-0.2, -0.15) is 0 Å². The fourth-order valence-electron chi connectivity index (χ4n) is 6.83. The normalized spacial score (nSPS) is 11.6. The summed E-state index contributed by atoms with van der Waals surface area (Å²) >= 11 is 0. The summed E-state index contributed by atoms with van der Waals surface area (Å²) in [4.78, 5) is 3.91. The molecule has 0 N–H and O–H groups in total. The van der Waals surface area contributed by atoms with E-state index in [9.17, 15) is 0 Å². The van der Waals surface area contributed by atoms with Crippen LogP contribution < -0.4 is 4.74 Å². The number of aromatic nitrogens is 1. The Morgan fingerprint density at radius 3 is 1.93 bits per heavy atom. The van der Waals surface area contributed by atoms with E-state index in [2.05, 4.69) is 131 Å². The average Bonchev–Trinajstić information content (AvgIpc) is 3.47. The van der Waals surface area contributed by atoms with Crippen molar-refractivity contribution in [3.05, 3.63) is 169 Å². The van der Waals surface area contributed by atoms with Crippen LogP contribution in [0.25, 0.3) is 76.8 Å². The van der Waals surface area contributed by atoms with Gasteiger partial charge in [0, 0.05) is 10.8 Å². The predicted octanol–water partition coefficient (Wildman–Crippen LogP) is 12.1. The van der Waals surface area contributed by atoms with E-state index < -0.39 is 0 Å². The Balaban J connectivity index is 1.14. The van der Waals surface area contributed by atoms with Gasteiger partial charge in [0.25, 0.3) is 0 Å². The smallest absolute Gasteiger partial charge is 0.195 e. The fourth-order valence-corrected chi connectivity index (χ4v) is 6.83. The molecule has 1 aliphatic rings. The highest BCUT2D eigenvalue weighted by Crippen LogP contribution is 2.47. The van der Waals surface area contributed by atoms with Gasteiger partial charge in [-0.25, -0.2) is 4.85 Å². The van der Waals surface area contributed by atoms with Crippen LogP contribution in [0.4, 0.5) is 5.69 Å². The maximum absolute atomic E-state index is 7.93. The highest BCUT2D eigenvalue weighted by atomic mass is 16.5. The Kier molecular flexibility index (Phi) is 5.88. The molecule has 7 aromatic carbocycles. The zero-order valence-electron chi connectivity index (χ0n) is 24.8. The van der Waals surface area contributed by atoms with Crippen LogP contribution in [0.15, 0.2) is 158 Å². The van der Waals surface area contributed by atoms with Crippen molar-refractivity contribution in [2.45, 2.75) is 0 Å². The summed E-state index contributed by atoms with van der Waals surface area (Å²) in [6.07, 6.45) is 0. The van der Waals surface area contributed by atoms with Crippen molar-refractivity contribution in [2.24, 2.45) is 0 Å². The number of ether oxygens (including phenoxy) is 1. The lowest BCUT2D eigenvalue weighted by Crippen LogP contribution is -2.03. The van der Waals surface area contributed by atoms with E-state index >= 15 is 0 Å². The van der Waals surface area contributed by atoms with Crippen molar-refractivity contribution >= 4 is 27.5 Å². The molecule has 0 saturated carbocycles. The highest BCUT2D eigenvalue weighted by Gasteiger charge is 2.24. The standard InChI is InChI=1S/C43H26N2O/c1-44-38-26-32(28-11-3-2-4-12-28)21-22-35(38)33-16-10-14-30(24-33)29-13-9-15-31(23-29)34-25-37-36-17-5-6-18-39(36)45-40-19-7-8-20-41(40)46-42(27-34)43(37)45/h2-27H. The fraction of sp³-hybridized carbons (Fsp3) is 0. The number of nitrogens with zero attached hydrogens (tertiary/aromatic N) is 2. The third-order valence-electron chi connectivity index (χ3n) is 8.99. The summed E-state index contributed by atoms with van der Waals surface area (Å²) in [5.74, 6) is 1.72. The Morgan fingerprint density at radius 2 is 1.11 bits per heavy atom. The van der Waals surface area contributed by atoms with Gasteiger partial charge in [0.1, 0.15) is 0 Å². The lowest BCUT2D eigenvalue weighted by atomic mass is 9.94. The predicted molar refractivity (Wildman–Crippen MR) is 189 cm³/mol. The minimum atomic E-state index is 0.648. The highest BCUT2D eigenvalue weighted by molar-refractivity contribution is 6.13. The molecule has 46 heavy (non-hydrogen) atoms. The van der Waals surface area contributed by atoms with E-state index in [4.69, 9.17) is 11.3 Å². The first-order chi connectivity index (χ1) is 22.7. The van der Waals surface area contributed by atoms with Gasteiger partial charge in [0.15, 0.2) is 17.2 Å². The maximum atomic E-state index is 7.93. The molecule has 8 aromatic rings. The number of fused-ring (bicyclic) bond motifs is 5. The van der Waals surface area contributed by atoms with E-state index in [1.165, 1.54) is 16.3 Å². The van der Waals surface area contributed by atoms with Gasteiger partial charge in [0.2, 0.25) is 0 Å². The van der Waals surface area contributed by atoms with E-state index in [1.807, 2.05) is 36.4 Å². The van der Waals surface area contributed by atoms with Crippen LogP contribution in [0.5, 0.6) is 11.5 Å². The molecule has 0 unspecified atom stereocenters. The Bertz CT molecular complexity index is 2520. The van der Waals surface area contributed by atoms with Gasteiger partial charge >= 0.3 is 0 Å². The first-order valence-corrected chi connectivity index (χ1v) is 15.4. The molecule has 0 bridgehead atoms. The topological polar surface area (TPSA) is 18.5 Å². The molecule has 1 aromatic heterocycles. The van der Waals surface area contributed by atoms with Crippen molar-refractivity contribution in [1.82, 2.24) is 4.57 Å². The van der Waals surface area contributed by atoms with Crippen LogP contribution in [0, 0.1) is 6.57 Å². The molecular weight excluding hydrogens is 560 g/mol. The third-order valence-corrected chi connectivity index (χ3v) is 8.99. The number of para-hydroxylation sites is 3. The zero-order chi connectivity index (χ0) is 30.6. The number of benzene rings is 7. The molecule has 0 atom stereocenters. The van der Waals surface area contributed by atoms with E-state index in [0.717, 1.165) is 67.2 Å². The van der Waals surface area contributed by atoms with Gasteiger partial charge in [-0.05, 0) is 93.0 Å². The van der Waals surface area contributed by atoms with Crippen molar-refractivity contribution < 1.29 is 4.74 Å². The summed E-state index contributed by atoms with van der Waals surface area (Å²) in [5.41, 5.74) is 12.5. The van der Waals surface area contributed by atoms with Crippen molar-refractivity contribution in [3.8, 4) is 61.7 Å². The van der Waals surface area contributed by atoms with Gasteiger partial charge < -0.3 is 9.30 Å². The molecule has 0 radical (unpaired) electrons. The van der Waals surface area contributed by atoms with Crippen molar-refractivity contribution in [1.29, 1.82) is 0 Å². The molecule has 0 fully saturated rings. The molecule has 0 spiro atoms. The second kappa shape index (κ2) is 10.4. The number of hydrogen-bond acceptors (Lipinski definition) is 1. The Labute approximate surface area is 267 Å². The average molecular weight is 587 g/mol. The summed E-state index contributed by atoms with van der Waals surface area (Å²) in [5, 5.41) is 2.38. The Hall–Kier alpha value is -6.37. The van der Waals surface area contributed by atoms with Crippen LogP contribution >= 0.6 is 0 Å². The minimum Gasteiger partial charge on any atom is -0.453 e. The van der Waals surface area contributed by atoms with Crippen molar-refractivity contribution in [2.75, 3.05) is 0 Å². The van der Waals surface area contributed by atoms with Crippen LogP contribution in [-0.4, -0.2) is 4.57 Å². The van der Waals surface area contributed by atoms with Gasteiger partial charge in [0.05, 0.1) is 23.3 Å². The molecular formula is C43H26N2O. The first kappa shape index (κ1) is 26.1. The lowest BCUT2D eigenvalue weighted by molar-refractivity contribution is 0.476. The summed E-state index contributed by atoms with van der Waals surface area (Å²) in [6.45, 7) is 7.93. The van der Waals surface area contributed by atoms with E-state index in [0.29, 0.717) is 5.69 Å². The van der Waals surface area contributed by atoms with Gasteiger partial charge in [-0.3, -0.25) is 0 Å². The second-order valence-electron chi connectivity index (χ2n) is 11.7. The van der Waals surface area contributed by atoms with E-state index in [-0.39, 0.29) is 0 Å². The van der Waals surface area contributed by atoms with Crippen LogP contribution in [0.3, 0.4) is 0 Å². The SMILES string of the molecule is [C-]#[N+]c1cc(-c2ccccc2)ccc1-c1cccc(-c2cccc(-c3cc4c5c(c3)c3ccccc3n5-c3ccccc3O4)c2)c1. The Morgan fingerprint density at radius 1 is 0.457 bits per heavy atom. The molecule has 1 aliphatic heterocycles. The quantitative estimate of drug-likeness (QED) is 0.188. The van der Waals surface area contributed by atoms with Crippen molar-refractivity contribution in [3.63, 3.8) is 0 Å². The van der Waals surface area contributed by atoms with Gasteiger partial charge in [-0.1, -0.05) is 109 Å². The molecule has 3 nitrogen and oxygen atoms in total. The molecule has 0 aliphatic carbocycles. The summed E-state index contributed by atoms with van der Waals surface area (Å²) in [7, 11) is 0. The lowest BCUT2D eigenvalue weighted by Gasteiger charge is -2.21. The largest absolute Gasteiger partial charge is 0.453 e. The zero-order valence-corrected chi connectivity index (χ0v) is 24.8. The van der Waals surface area contributed by atoms with Crippen LogP contribution in [-0.2, 0) is 0 Å². The van der Waals surface area contributed by atoms with E-state index in [1.54, 1.807) is 0 Å². The molecule has 2 heterocycles. The van der Waals surface area contributed by atoms with Crippen LogP contribution in [0.2, 0.25) is 0 Å². The van der Waals surface area contributed by atoms with Gasteiger partial charge in [-0.15, -0.1) is 0 Å². The first-order valence-electron chi connectivity index (χ1n) is 15.4. The number of hydrogen-bond donors (Lipinski definition) is 0.